The molecular formula is C53H49F4N6O8Se2-. The summed E-state index contributed by atoms with van der Waals surface area (Å²) in [5.74, 6) is -4.90. The first-order valence-electron chi connectivity index (χ1n) is 23.5. The van der Waals surface area contributed by atoms with Crippen molar-refractivity contribution < 1.29 is 46.5 Å². The van der Waals surface area contributed by atoms with E-state index in [9.17, 15) is 33.1 Å². The molecule has 20 heteroatoms. The van der Waals surface area contributed by atoms with Gasteiger partial charge in [-0.15, -0.1) is 0 Å². The third kappa shape index (κ3) is 8.51. The van der Waals surface area contributed by atoms with Gasteiger partial charge in [0.15, 0.2) is 0 Å². The molecule has 1 N–H and O–H groups in total. The van der Waals surface area contributed by atoms with E-state index in [2.05, 4.69) is 0 Å². The monoisotopic (exact) mass is 1130 g/mol. The Hall–Kier alpha value is -6.40. The Balaban J connectivity index is 0.000000166. The van der Waals surface area contributed by atoms with Crippen molar-refractivity contribution >= 4 is 50.7 Å². The summed E-state index contributed by atoms with van der Waals surface area (Å²) >= 11 is -0.290. The number of rotatable bonds is 6. The van der Waals surface area contributed by atoms with Crippen LogP contribution in [-0.2, 0) is 20.1 Å². The van der Waals surface area contributed by atoms with Crippen LogP contribution in [0, 0.1) is 30.7 Å². The molecule has 2 aromatic heterocycles. The van der Waals surface area contributed by atoms with Crippen molar-refractivity contribution in [3.63, 3.8) is 0 Å². The molecule has 14 nitrogen and oxygen atoms in total. The zero-order chi connectivity index (χ0) is 49.9. The van der Waals surface area contributed by atoms with Gasteiger partial charge in [0.05, 0.1) is 0 Å². The summed E-state index contributed by atoms with van der Waals surface area (Å²) in [6.07, 6.45) is 3.52. The Kier molecular flexibility index (Phi) is 14.1. The molecule has 4 unspecified atom stereocenters. The number of morpholine rings is 2. The Morgan fingerprint density at radius 1 is 0.630 bits per heavy atom. The Bertz CT molecular complexity index is 3290. The van der Waals surface area contributed by atoms with Gasteiger partial charge in [0, 0.05) is 0 Å². The maximum absolute atomic E-state index is 15.3. The van der Waals surface area contributed by atoms with E-state index in [4.69, 9.17) is 14.2 Å². The molecule has 4 atom stereocenters. The van der Waals surface area contributed by atoms with Crippen LogP contribution in [0.15, 0.2) is 107 Å². The summed E-state index contributed by atoms with van der Waals surface area (Å²) in [5, 5.41) is 15.2. The molecule has 380 valence electrons. The summed E-state index contributed by atoms with van der Waals surface area (Å²) in [5.41, 5.74) is 2.66. The number of carbonyl (C=O) groups excluding carboxylic acids is 2. The van der Waals surface area contributed by atoms with E-state index in [1.807, 2.05) is 65.5 Å². The summed E-state index contributed by atoms with van der Waals surface area (Å²) < 4.78 is 81.8. The number of aromatic hydroxyl groups is 1. The van der Waals surface area contributed by atoms with Gasteiger partial charge in [0.2, 0.25) is 0 Å². The molecule has 6 aromatic rings. The van der Waals surface area contributed by atoms with Crippen LogP contribution in [0.4, 0.5) is 17.6 Å². The molecule has 2 fully saturated rings. The van der Waals surface area contributed by atoms with Gasteiger partial charge in [0.25, 0.3) is 0 Å². The predicted molar refractivity (Wildman–Crippen MR) is 265 cm³/mol. The van der Waals surface area contributed by atoms with Crippen LogP contribution in [0.3, 0.4) is 0 Å². The molecule has 0 aliphatic carbocycles. The number of carbonyl (C=O) groups is 2. The van der Waals surface area contributed by atoms with Crippen molar-refractivity contribution in [3.8, 4) is 11.5 Å². The number of unbranched alkanes of at least 4 members (excludes halogenated alkanes) is 1. The normalized spacial score (nSPS) is 20.5. The van der Waals surface area contributed by atoms with Crippen molar-refractivity contribution in [2.45, 2.75) is 54.8 Å². The number of ether oxygens (including phenoxy) is 3. The molecule has 12 rings (SSSR count). The van der Waals surface area contributed by atoms with E-state index in [-0.39, 0.29) is 85.6 Å². The largest absolute Gasteiger partial charge is 0.358 e. The minimum absolute atomic E-state index is 0. The van der Waals surface area contributed by atoms with Gasteiger partial charge in [-0.25, -0.2) is 0 Å². The van der Waals surface area contributed by atoms with E-state index in [0.29, 0.717) is 59.3 Å². The molecule has 6 aliphatic rings. The van der Waals surface area contributed by atoms with Crippen LogP contribution in [0.25, 0.3) is 0 Å². The second-order valence-electron chi connectivity index (χ2n) is 17.8. The quantitative estimate of drug-likeness (QED) is 0.111. The maximum Gasteiger partial charge on any atom is -0.358 e. The minimum Gasteiger partial charge on any atom is -0.358 e. The SMILES string of the molecule is CCCCOc1c2n(ccc1=O)N(C1c3ccccc3[Se]Cc3c1ccc(F)c3F)C1COCCN1C2=O.O=C1c2c(O)c(=O)ccn2N(C2c3ccccc3[Se]Cc3c2ccc(F)c3F)C2COCCN12.[CH3-]. The molecule has 0 spiro atoms. The zero-order valence-corrected chi connectivity index (χ0v) is 43.1. The first kappa shape index (κ1) is 50.1. The second-order valence-corrected chi connectivity index (χ2v) is 22.1. The smallest absolute Gasteiger partial charge is 0.358 e. The van der Waals surface area contributed by atoms with Crippen LogP contribution in [-0.4, -0.2) is 124 Å². The van der Waals surface area contributed by atoms with Gasteiger partial charge in [-0.05, 0) is 0 Å². The van der Waals surface area contributed by atoms with Gasteiger partial charge in [0.1, 0.15) is 0 Å². The van der Waals surface area contributed by atoms with Crippen molar-refractivity contribution in [2.24, 2.45) is 0 Å². The standard InChI is InChI=1S/C28H27F2N3O4Se.C24H19F2N3O4Se.CH3/c1-2-3-13-37-27-21(34)10-11-32-26(27)28(35)31-12-14-36-15-23(31)33(32)25-17-8-9-20(29)24(30)19(17)16-38-22-7-5-4-6-18(22)25;25-16-6-5-13-15(20(16)26)12-34-18-4-2-1-3-14(18)21(13)29-19-11-33-10-9-27(19)24(32)22-23(31)17(30)7-8-28(22)29;/h4-11,23,25H,2-3,12-16H2,1H3;1-8,19,21,31H,9-12H2;1H3/q;;-1. The molecule has 4 aromatic carbocycles. The van der Waals surface area contributed by atoms with E-state index in [1.54, 1.807) is 32.8 Å². The van der Waals surface area contributed by atoms with E-state index < -0.39 is 64.8 Å². The Morgan fingerprint density at radius 3 is 1.63 bits per heavy atom. The third-order valence-corrected chi connectivity index (χ3v) is 18.5. The number of hydrogen-bond donors (Lipinski definition) is 1. The zero-order valence-electron chi connectivity index (χ0n) is 39.6. The fraction of sp³-hybridized carbons (Fsp3) is 0.302. The summed E-state index contributed by atoms with van der Waals surface area (Å²) in [6.45, 7) is 4.02. The van der Waals surface area contributed by atoms with Crippen LogP contribution in [0.1, 0.15) is 86.2 Å². The molecule has 2 saturated heterocycles. The Labute approximate surface area is 429 Å². The number of pyridine rings is 2. The number of hydrogen-bond acceptors (Lipinski definition) is 10. The summed E-state index contributed by atoms with van der Waals surface area (Å²) in [7, 11) is 0. The molecule has 0 saturated carbocycles. The molecule has 6 aliphatic heterocycles. The average molecular weight is 1130 g/mol. The number of fused-ring (bicyclic) bond motifs is 8. The number of benzene rings is 4. The van der Waals surface area contributed by atoms with Crippen LogP contribution in [0.5, 0.6) is 11.5 Å². The van der Waals surface area contributed by atoms with Crippen molar-refractivity contribution in [1.29, 1.82) is 0 Å². The molecule has 2 amide bonds. The molecule has 0 radical (unpaired) electrons. The molecular weight excluding hydrogens is 1080 g/mol. The van der Waals surface area contributed by atoms with E-state index in [1.165, 1.54) is 23.0 Å². The number of halogens is 4. The summed E-state index contributed by atoms with van der Waals surface area (Å²) in [4.78, 5) is 55.6. The molecule has 0 bridgehead atoms. The van der Waals surface area contributed by atoms with Crippen molar-refractivity contribution in [1.82, 2.24) is 19.2 Å². The number of nitrogens with zero attached hydrogens (tertiary/aromatic N) is 6. The van der Waals surface area contributed by atoms with Gasteiger partial charge < -0.3 is 7.43 Å². The van der Waals surface area contributed by atoms with Gasteiger partial charge in [-0.1, -0.05) is 0 Å². The van der Waals surface area contributed by atoms with Crippen LogP contribution in [0.2, 0.25) is 0 Å². The maximum atomic E-state index is 15.3. The third-order valence-electron chi connectivity index (χ3n) is 13.8. The second kappa shape index (κ2) is 20.5. The summed E-state index contributed by atoms with van der Waals surface area (Å²) in [6, 6.07) is 22.6. The fourth-order valence-corrected chi connectivity index (χ4v) is 15.1. The van der Waals surface area contributed by atoms with Gasteiger partial charge >= 0.3 is 425 Å². The predicted octanol–water partition coefficient (Wildman–Crippen LogP) is 4.35. The number of aromatic nitrogens is 2. The molecule has 8 heterocycles. The number of amides is 2. The van der Waals surface area contributed by atoms with Crippen LogP contribution >= 0.6 is 0 Å². The fourth-order valence-electron chi connectivity index (χ4n) is 10.4. The average Bonchev–Trinajstić information content (AvgIpc) is 3.67. The topological polar surface area (TPSA) is 139 Å². The molecule has 73 heavy (non-hydrogen) atoms. The van der Waals surface area contributed by atoms with Gasteiger partial charge in [-0.3, -0.25) is 0 Å². The van der Waals surface area contributed by atoms with Crippen molar-refractivity contribution in [2.75, 3.05) is 56.1 Å². The first-order chi connectivity index (χ1) is 35.0. The Morgan fingerprint density at radius 2 is 1.11 bits per heavy atom. The van der Waals surface area contributed by atoms with Crippen molar-refractivity contribution in [3.05, 3.63) is 193 Å². The van der Waals surface area contributed by atoms with Crippen LogP contribution < -0.4 is 34.5 Å². The van der Waals surface area contributed by atoms with E-state index >= 15 is 8.78 Å². The minimum atomic E-state index is -0.905. The van der Waals surface area contributed by atoms with Gasteiger partial charge in [-0.2, -0.15) is 0 Å². The first-order valence-corrected chi connectivity index (χ1v) is 27.7. The van der Waals surface area contributed by atoms with E-state index in [0.717, 1.165) is 45.0 Å².